The van der Waals surface area contributed by atoms with Crippen LogP contribution in [0.2, 0.25) is 0 Å². The molecule has 0 saturated heterocycles. The molecule has 2 heterocycles. The van der Waals surface area contributed by atoms with Gasteiger partial charge in [-0.1, -0.05) is 13.8 Å². The van der Waals surface area contributed by atoms with E-state index in [4.69, 9.17) is 10.00 Å². The van der Waals surface area contributed by atoms with E-state index in [2.05, 4.69) is 29.0 Å². The smallest absolute Gasteiger partial charge is 0.255 e. The van der Waals surface area contributed by atoms with E-state index >= 15 is 0 Å². The Bertz CT molecular complexity index is 1360. The normalized spacial score (nSPS) is 10.9. The lowest BCUT2D eigenvalue weighted by Crippen LogP contribution is -2.21. The van der Waals surface area contributed by atoms with Crippen molar-refractivity contribution in [1.29, 1.82) is 5.26 Å². The molecule has 4 rings (SSSR count). The first-order chi connectivity index (χ1) is 16.5. The molecule has 0 fully saturated rings. The highest BCUT2D eigenvalue weighted by Gasteiger charge is 2.14. The zero-order valence-electron chi connectivity index (χ0n) is 18.8. The minimum absolute atomic E-state index is 0.0579. The lowest BCUT2D eigenvalue weighted by atomic mass is 10.1. The summed E-state index contributed by atoms with van der Waals surface area (Å²) in [4.78, 5) is 20.3. The van der Waals surface area contributed by atoms with Gasteiger partial charge in [0.15, 0.2) is 11.6 Å². The number of rotatable bonds is 8. The van der Waals surface area contributed by atoms with E-state index in [9.17, 15) is 9.18 Å². The van der Waals surface area contributed by atoms with Crippen LogP contribution < -0.4 is 10.1 Å². The molecule has 2 aromatic heterocycles. The summed E-state index contributed by atoms with van der Waals surface area (Å²) in [5.74, 6) is -0.396. The molecule has 34 heavy (non-hydrogen) atoms. The maximum atomic E-state index is 14.8. The average molecular weight is 475 g/mol. The van der Waals surface area contributed by atoms with Crippen LogP contribution in [0.3, 0.4) is 0 Å². The number of benzene rings is 2. The summed E-state index contributed by atoms with van der Waals surface area (Å²) >= 11 is 1.59. The molecule has 0 radical (unpaired) electrons. The Hall–Kier alpha value is -3.80. The van der Waals surface area contributed by atoms with Gasteiger partial charge >= 0.3 is 0 Å². The van der Waals surface area contributed by atoms with Gasteiger partial charge in [0.25, 0.3) is 5.91 Å². The van der Waals surface area contributed by atoms with Crippen molar-refractivity contribution in [2.24, 2.45) is 0 Å². The first kappa shape index (κ1) is 23.4. The fourth-order valence-electron chi connectivity index (χ4n) is 3.47. The van der Waals surface area contributed by atoms with E-state index in [1.165, 1.54) is 17.0 Å². The number of fused-ring (bicyclic) bond motifs is 1. The summed E-state index contributed by atoms with van der Waals surface area (Å²) < 4.78 is 21.6. The fourth-order valence-corrected chi connectivity index (χ4v) is 4.58. The molecule has 0 bridgehead atoms. The predicted octanol–water partition coefficient (Wildman–Crippen LogP) is 6.19. The highest BCUT2D eigenvalue weighted by Crippen LogP contribution is 2.36. The van der Waals surface area contributed by atoms with Gasteiger partial charge in [-0.05, 0) is 55.6 Å². The maximum absolute atomic E-state index is 14.8. The molecule has 0 saturated carbocycles. The van der Waals surface area contributed by atoms with Crippen LogP contribution in [-0.2, 0) is 6.54 Å². The van der Waals surface area contributed by atoms with Crippen LogP contribution in [-0.4, -0.2) is 28.9 Å². The number of pyridine rings is 1. The minimum Gasteiger partial charge on any atom is -0.453 e. The van der Waals surface area contributed by atoms with Gasteiger partial charge in [0.05, 0.1) is 21.8 Å². The highest BCUT2D eigenvalue weighted by molar-refractivity contribution is 7.19. The molecular formula is C26H23FN4O2S. The quantitative estimate of drug-likeness (QED) is 0.329. The number of ether oxygens (including phenoxy) is 1. The van der Waals surface area contributed by atoms with Crippen LogP contribution in [0.4, 0.5) is 10.1 Å². The van der Waals surface area contributed by atoms with Crippen LogP contribution in [0.5, 0.6) is 11.5 Å². The second-order valence-electron chi connectivity index (χ2n) is 7.59. The number of nitrogens with zero attached hydrogens (tertiary/aromatic N) is 3. The molecule has 8 heteroatoms. The molecule has 0 atom stereocenters. The largest absolute Gasteiger partial charge is 0.453 e. The Morgan fingerprint density at radius 1 is 1.12 bits per heavy atom. The second-order valence-corrected chi connectivity index (χ2v) is 8.72. The van der Waals surface area contributed by atoms with E-state index in [1.807, 2.05) is 12.1 Å². The van der Waals surface area contributed by atoms with Gasteiger partial charge in [0, 0.05) is 41.0 Å². The maximum Gasteiger partial charge on any atom is 0.255 e. The third kappa shape index (κ3) is 5.22. The molecule has 0 aliphatic heterocycles. The lowest BCUT2D eigenvalue weighted by Gasteiger charge is -2.16. The average Bonchev–Trinajstić information content (AvgIpc) is 3.27. The van der Waals surface area contributed by atoms with Crippen molar-refractivity contribution in [2.75, 3.05) is 18.4 Å². The summed E-state index contributed by atoms with van der Waals surface area (Å²) in [6.07, 6.45) is 1.65. The SMILES string of the molecule is CCN(CC)Cc1cc2nccc(Oc3ccc(NC(=O)c4ccc(C#N)cc4)cc3F)c2s1. The van der Waals surface area contributed by atoms with Gasteiger partial charge < -0.3 is 10.1 Å². The Kier molecular flexibility index (Phi) is 7.16. The monoisotopic (exact) mass is 474 g/mol. The number of anilines is 1. The van der Waals surface area contributed by atoms with Crippen LogP contribution >= 0.6 is 11.3 Å². The number of carbonyl (C=O) groups is 1. The number of amides is 1. The van der Waals surface area contributed by atoms with Gasteiger partial charge in [0.1, 0.15) is 5.75 Å². The summed E-state index contributed by atoms with van der Waals surface area (Å²) in [5.41, 5.74) is 1.95. The van der Waals surface area contributed by atoms with Gasteiger partial charge in [-0.25, -0.2) is 4.39 Å². The number of halogens is 1. The van der Waals surface area contributed by atoms with Crippen LogP contribution in [0, 0.1) is 17.1 Å². The summed E-state index contributed by atoms with van der Waals surface area (Å²) in [5, 5.41) is 11.5. The van der Waals surface area contributed by atoms with E-state index in [0.717, 1.165) is 29.9 Å². The van der Waals surface area contributed by atoms with Gasteiger partial charge in [0.2, 0.25) is 0 Å². The molecule has 0 unspecified atom stereocenters. The number of aromatic nitrogens is 1. The molecule has 172 valence electrons. The van der Waals surface area contributed by atoms with E-state index in [0.29, 0.717) is 22.6 Å². The molecule has 4 aromatic rings. The molecular weight excluding hydrogens is 451 g/mol. The fraction of sp³-hybridized carbons (Fsp3) is 0.192. The van der Waals surface area contributed by atoms with Gasteiger partial charge in [-0.3, -0.25) is 14.7 Å². The van der Waals surface area contributed by atoms with Crippen molar-refractivity contribution in [1.82, 2.24) is 9.88 Å². The first-order valence-electron chi connectivity index (χ1n) is 10.9. The van der Waals surface area contributed by atoms with Gasteiger partial charge in [-0.2, -0.15) is 5.26 Å². The number of carbonyl (C=O) groups excluding carboxylic acids is 1. The number of nitriles is 1. The van der Waals surface area contributed by atoms with Crippen molar-refractivity contribution < 1.29 is 13.9 Å². The number of hydrogen-bond donors (Lipinski definition) is 1. The van der Waals surface area contributed by atoms with Crippen LogP contribution in [0.15, 0.2) is 60.8 Å². The van der Waals surface area contributed by atoms with Gasteiger partial charge in [-0.15, -0.1) is 11.3 Å². The summed E-state index contributed by atoms with van der Waals surface area (Å²) in [6.45, 7) is 7.00. The van der Waals surface area contributed by atoms with E-state index < -0.39 is 11.7 Å². The van der Waals surface area contributed by atoms with Crippen LogP contribution in [0.25, 0.3) is 10.2 Å². The second kappa shape index (κ2) is 10.4. The van der Waals surface area contributed by atoms with Crippen molar-refractivity contribution in [2.45, 2.75) is 20.4 Å². The minimum atomic E-state index is -0.595. The first-order valence-corrected chi connectivity index (χ1v) is 11.7. The lowest BCUT2D eigenvalue weighted by molar-refractivity contribution is 0.102. The van der Waals surface area contributed by atoms with E-state index in [-0.39, 0.29) is 5.75 Å². The predicted molar refractivity (Wildman–Crippen MR) is 132 cm³/mol. The number of hydrogen-bond acceptors (Lipinski definition) is 6. The van der Waals surface area contributed by atoms with Crippen molar-refractivity contribution in [3.8, 4) is 17.6 Å². The Morgan fingerprint density at radius 2 is 1.88 bits per heavy atom. The highest BCUT2D eigenvalue weighted by atomic mass is 32.1. The molecule has 1 amide bonds. The van der Waals surface area contributed by atoms with E-state index in [1.54, 1.807) is 53.9 Å². The Morgan fingerprint density at radius 3 is 2.56 bits per heavy atom. The third-order valence-corrected chi connectivity index (χ3v) is 6.51. The zero-order chi connectivity index (χ0) is 24.1. The number of thiophene rings is 1. The Balaban J connectivity index is 1.50. The summed E-state index contributed by atoms with van der Waals surface area (Å²) in [6, 6.07) is 16.3. The Labute approximate surface area is 201 Å². The topological polar surface area (TPSA) is 78.2 Å². The van der Waals surface area contributed by atoms with Crippen molar-refractivity contribution in [3.63, 3.8) is 0 Å². The molecule has 0 aliphatic rings. The third-order valence-electron chi connectivity index (χ3n) is 5.39. The molecule has 0 aliphatic carbocycles. The summed E-state index contributed by atoms with van der Waals surface area (Å²) in [7, 11) is 0. The number of nitrogens with one attached hydrogen (secondary N) is 1. The van der Waals surface area contributed by atoms with Crippen molar-refractivity contribution in [3.05, 3.63) is 82.6 Å². The van der Waals surface area contributed by atoms with Crippen molar-refractivity contribution >= 4 is 33.1 Å². The zero-order valence-corrected chi connectivity index (χ0v) is 19.7. The molecule has 6 nitrogen and oxygen atoms in total. The molecule has 2 aromatic carbocycles. The molecule has 0 spiro atoms. The molecule has 1 N–H and O–H groups in total. The standard InChI is InChI=1S/C26H23FN4O2S/c1-3-31(4-2)16-20-14-22-25(34-20)24(11-12-29-22)33-23-10-9-19(13-21(23)27)30-26(32)18-7-5-17(15-28)6-8-18/h5-14H,3-4,16H2,1-2H3,(H,30,32). The van der Waals surface area contributed by atoms with Crippen LogP contribution in [0.1, 0.15) is 34.6 Å².